The first kappa shape index (κ1) is 25.4. The molecular weight excluding hydrogens is 457 g/mol. The highest BCUT2D eigenvalue weighted by atomic mass is 19.4. The molecule has 2 saturated heterocycles. The Labute approximate surface area is 204 Å². The van der Waals surface area contributed by atoms with E-state index in [1.165, 1.54) is 11.6 Å². The number of alkyl halides is 3. The van der Waals surface area contributed by atoms with Crippen LogP contribution in [0, 0.1) is 22.7 Å². The summed E-state index contributed by atoms with van der Waals surface area (Å²) in [5.74, 6) is 0.199. The topological polar surface area (TPSA) is 61.6 Å². The van der Waals surface area contributed by atoms with Gasteiger partial charge in [0.15, 0.2) is 0 Å². The molecule has 1 aromatic carbocycles. The summed E-state index contributed by atoms with van der Waals surface area (Å²) in [4.78, 5) is 8.65. The van der Waals surface area contributed by atoms with E-state index >= 15 is 0 Å². The SMILES string of the molecule is COCCOCC1CN(c2ccc(C#N)c(C(F)(F)F)c2)CC12CCN(Cc1cccnc1)CC2. The lowest BCUT2D eigenvalue weighted by atomic mass is 9.71. The highest BCUT2D eigenvalue weighted by molar-refractivity contribution is 5.56. The molecule has 4 rings (SSSR count). The molecule has 3 heterocycles. The molecule has 6 nitrogen and oxygen atoms in total. The number of likely N-dealkylation sites (tertiary alicyclic amines) is 1. The Balaban J connectivity index is 1.51. The fraction of sp³-hybridized carbons (Fsp3) is 0.538. The van der Waals surface area contributed by atoms with Crippen molar-refractivity contribution in [2.75, 3.05) is 58.0 Å². The summed E-state index contributed by atoms with van der Waals surface area (Å²) >= 11 is 0. The molecule has 1 aromatic heterocycles. The minimum Gasteiger partial charge on any atom is -0.382 e. The van der Waals surface area contributed by atoms with Crippen LogP contribution in [0.5, 0.6) is 0 Å². The number of nitrogens with zero attached hydrogens (tertiary/aromatic N) is 4. The van der Waals surface area contributed by atoms with Crippen LogP contribution in [0.25, 0.3) is 0 Å². The summed E-state index contributed by atoms with van der Waals surface area (Å²) in [6, 6.07) is 9.72. The first-order valence-corrected chi connectivity index (χ1v) is 11.9. The van der Waals surface area contributed by atoms with Crippen molar-refractivity contribution < 1.29 is 22.6 Å². The average Bonchev–Trinajstić information content (AvgIpc) is 3.21. The maximum absolute atomic E-state index is 13.6. The van der Waals surface area contributed by atoms with Gasteiger partial charge in [0.2, 0.25) is 0 Å². The highest BCUT2D eigenvalue weighted by Gasteiger charge is 2.48. The van der Waals surface area contributed by atoms with Crippen LogP contribution in [0.4, 0.5) is 18.9 Å². The minimum atomic E-state index is -4.57. The van der Waals surface area contributed by atoms with Crippen LogP contribution in [0.2, 0.25) is 0 Å². The number of pyridine rings is 1. The van der Waals surface area contributed by atoms with Gasteiger partial charge in [0, 0.05) is 50.7 Å². The molecule has 0 aliphatic carbocycles. The van der Waals surface area contributed by atoms with E-state index < -0.39 is 11.7 Å². The number of ether oxygens (including phenoxy) is 2. The summed E-state index contributed by atoms with van der Waals surface area (Å²) in [5, 5.41) is 9.15. The fourth-order valence-electron chi connectivity index (χ4n) is 5.36. The second-order valence-electron chi connectivity index (χ2n) is 9.48. The van der Waals surface area contributed by atoms with Crippen molar-refractivity contribution in [2.45, 2.75) is 25.6 Å². The van der Waals surface area contributed by atoms with Crippen molar-refractivity contribution in [3.05, 3.63) is 59.4 Å². The molecule has 1 spiro atoms. The van der Waals surface area contributed by atoms with Crippen LogP contribution >= 0.6 is 0 Å². The maximum atomic E-state index is 13.6. The Hall–Kier alpha value is -2.67. The fourth-order valence-corrected chi connectivity index (χ4v) is 5.36. The highest BCUT2D eigenvalue weighted by Crippen LogP contribution is 2.47. The smallest absolute Gasteiger partial charge is 0.382 e. The second-order valence-corrected chi connectivity index (χ2v) is 9.48. The van der Waals surface area contributed by atoms with Crippen LogP contribution < -0.4 is 4.90 Å². The van der Waals surface area contributed by atoms with Gasteiger partial charge in [-0.25, -0.2) is 0 Å². The van der Waals surface area contributed by atoms with E-state index in [1.807, 2.05) is 17.2 Å². The average molecular weight is 489 g/mol. The van der Waals surface area contributed by atoms with E-state index in [9.17, 15) is 13.2 Å². The molecule has 188 valence electrons. The van der Waals surface area contributed by atoms with E-state index in [0.717, 1.165) is 38.5 Å². The number of anilines is 1. The van der Waals surface area contributed by atoms with Gasteiger partial charge in [-0.05, 0) is 61.2 Å². The molecule has 0 N–H and O–H groups in total. The number of benzene rings is 1. The van der Waals surface area contributed by atoms with E-state index in [0.29, 0.717) is 38.6 Å². The summed E-state index contributed by atoms with van der Waals surface area (Å²) < 4.78 is 51.7. The Kier molecular flexibility index (Phi) is 7.95. The largest absolute Gasteiger partial charge is 0.417 e. The molecule has 2 aromatic rings. The maximum Gasteiger partial charge on any atom is 0.417 e. The molecule has 0 radical (unpaired) electrons. The summed E-state index contributed by atoms with van der Waals surface area (Å²) in [6.07, 6.45) is 0.980. The van der Waals surface area contributed by atoms with Gasteiger partial charge in [-0.2, -0.15) is 18.4 Å². The number of aromatic nitrogens is 1. The van der Waals surface area contributed by atoms with Crippen molar-refractivity contribution in [3.63, 3.8) is 0 Å². The number of nitriles is 1. The van der Waals surface area contributed by atoms with Crippen LogP contribution in [0.1, 0.15) is 29.5 Å². The zero-order chi connectivity index (χ0) is 24.9. The molecule has 2 aliphatic rings. The molecule has 0 saturated carbocycles. The molecule has 0 bridgehead atoms. The predicted molar refractivity (Wildman–Crippen MR) is 126 cm³/mol. The van der Waals surface area contributed by atoms with Gasteiger partial charge in [-0.3, -0.25) is 9.88 Å². The third-order valence-corrected chi connectivity index (χ3v) is 7.34. The van der Waals surface area contributed by atoms with E-state index in [2.05, 4.69) is 16.0 Å². The Bertz CT molecular complexity index is 1020. The van der Waals surface area contributed by atoms with Gasteiger partial charge in [0.25, 0.3) is 0 Å². The van der Waals surface area contributed by atoms with Gasteiger partial charge in [-0.1, -0.05) is 6.07 Å². The molecule has 2 fully saturated rings. The quantitative estimate of drug-likeness (QED) is 0.515. The molecule has 9 heteroatoms. The van der Waals surface area contributed by atoms with Crippen molar-refractivity contribution >= 4 is 5.69 Å². The standard InChI is InChI=1S/C26H31F3N4O2/c1-34-11-12-35-18-22-17-33(23-5-4-21(14-30)24(13-23)26(27,28)29)19-25(22)6-9-32(10-7-25)16-20-3-2-8-31-15-20/h2-5,8,13,15,22H,6-7,9-12,16-19H2,1H3. The van der Waals surface area contributed by atoms with Gasteiger partial charge in [0.05, 0.1) is 37.0 Å². The lowest BCUT2D eigenvalue weighted by Crippen LogP contribution is -2.45. The molecule has 1 unspecified atom stereocenters. The number of halogens is 3. The first-order valence-electron chi connectivity index (χ1n) is 11.9. The first-order chi connectivity index (χ1) is 16.8. The lowest BCUT2D eigenvalue weighted by Gasteiger charge is -2.42. The minimum absolute atomic E-state index is 0.0369. The molecule has 1 atom stereocenters. The summed E-state index contributed by atoms with van der Waals surface area (Å²) in [5.41, 5.74) is 0.419. The van der Waals surface area contributed by atoms with Crippen LogP contribution in [0.15, 0.2) is 42.7 Å². The molecular formula is C26H31F3N4O2. The number of rotatable bonds is 8. The van der Waals surface area contributed by atoms with Crippen molar-refractivity contribution in [3.8, 4) is 6.07 Å². The normalized spacial score (nSPS) is 20.3. The molecule has 0 amide bonds. The van der Waals surface area contributed by atoms with Crippen LogP contribution in [-0.2, 0) is 22.2 Å². The van der Waals surface area contributed by atoms with Crippen molar-refractivity contribution in [1.29, 1.82) is 5.26 Å². The number of methoxy groups -OCH3 is 1. The number of hydrogen-bond acceptors (Lipinski definition) is 6. The zero-order valence-electron chi connectivity index (χ0n) is 19.9. The van der Waals surface area contributed by atoms with Crippen LogP contribution in [-0.4, -0.2) is 63.0 Å². The van der Waals surface area contributed by atoms with Gasteiger partial charge >= 0.3 is 6.18 Å². The lowest BCUT2D eigenvalue weighted by molar-refractivity contribution is -0.137. The zero-order valence-corrected chi connectivity index (χ0v) is 19.9. The van der Waals surface area contributed by atoms with E-state index in [1.54, 1.807) is 25.4 Å². The summed E-state index contributed by atoms with van der Waals surface area (Å²) in [7, 11) is 1.63. The van der Waals surface area contributed by atoms with Crippen LogP contribution in [0.3, 0.4) is 0 Å². The van der Waals surface area contributed by atoms with E-state index in [-0.39, 0.29) is 16.9 Å². The molecule has 35 heavy (non-hydrogen) atoms. The second kappa shape index (κ2) is 10.9. The monoisotopic (exact) mass is 488 g/mol. The van der Waals surface area contributed by atoms with Gasteiger partial charge in [-0.15, -0.1) is 0 Å². The van der Waals surface area contributed by atoms with E-state index in [4.69, 9.17) is 14.7 Å². The summed E-state index contributed by atoms with van der Waals surface area (Å²) in [6.45, 7) is 5.52. The Morgan fingerprint density at radius 3 is 2.66 bits per heavy atom. The Morgan fingerprint density at radius 1 is 1.20 bits per heavy atom. The van der Waals surface area contributed by atoms with Crippen molar-refractivity contribution in [2.24, 2.45) is 11.3 Å². The molecule has 2 aliphatic heterocycles. The number of hydrogen-bond donors (Lipinski definition) is 0. The number of piperidine rings is 1. The predicted octanol–water partition coefficient (Wildman–Crippen LogP) is 4.35. The van der Waals surface area contributed by atoms with Crippen molar-refractivity contribution in [1.82, 2.24) is 9.88 Å². The van der Waals surface area contributed by atoms with Gasteiger partial charge in [0.1, 0.15) is 0 Å². The third-order valence-electron chi connectivity index (χ3n) is 7.34. The third kappa shape index (κ3) is 5.95. The van der Waals surface area contributed by atoms with Gasteiger partial charge < -0.3 is 14.4 Å². The Morgan fingerprint density at radius 2 is 2.00 bits per heavy atom.